The standard InChI is InChI=1S/C11H16N4/c1-8-11(6-5-7-12-8)15-10(3)14(4)9(2)13-15/h5-7,10H,1-4H3. The summed E-state index contributed by atoms with van der Waals surface area (Å²) >= 11 is 0. The van der Waals surface area contributed by atoms with Gasteiger partial charge in [-0.3, -0.25) is 4.98 Å². The Morgan fingerprint density at radius 1 is 1.33 bits per heavy atom. The lowest BCUT2D eigenvalue weighted by Crippen LogP contribution is -2.36. The molecule has 0 spiro atoms. The maximum absolute atomic E-state index is 4.52. The Morgan fingerprint density at radius 2 is 2.07 bits per heavy atom. The largest absolute Gasteiger partial charge is 0.340 e. The van der Waals surface area contributed by atoms with Crippen molar-refractivity contribution in [2.24, 2.45) is 5.10 Å². The third-order valence-corrected chi connectivity index (χ3v) is 2.90. The average molecular weight is 204 g/mol. The Hall–Kier alpha value is -1.58. The number of hydrogen-bond donors (Lipinski definition) is 0. The van der Waals surface area contributed by atoms with Gasteiger partial charge in [0.05, 0.1) is 11.4 Å². The summed E-state index contributed by atoms with van der Waals surface area (Å²) in [6.07, 6.45) is 2.06. The molecule has 0 fully saturated rings. The van der Waals surface area contributed by atoms with Gasteiger partial charge in [0.1, 0.15) is 12.0 Å². The van der Waals surface area contributed by atoms with E-state index in [2.05, 4.69) is 35.0 Å². The van der Waals surface area contributed by atoms with E-state index >= 15 is 0 Å². The van der Waals surface area contributed by atoms with E-state index in [9.17, 15) is 0 Å². The second kappa shape index (κ2) is 3.53. The van der Waals surface area contributed by atoms with E-state index in [-0.39, 0.29) is 6.17 Å². The Balaban J connectivity index is 2.38. The zero-order valence-corrected chi connectivity index (χ0v) is 9.60. The van der Waals surface area contributed by atoms with Gasteiger partial charge in [-0.05, 0) is 32.9 Å². The molecule has 1 unspecified atom stereocenters. The van der Waals surface area contributed by atoms with Crippen LogP contribution in [0.25, 0.3) is 0 Å². The zero-order valence-electron chi connectivity index (χ0n) is 9.60. The van der Waals surface area contributed by atoms with Crippen molar-refractivity contribution in [1.29, 1.82) is 0 Å². The molecule has 0 bridgehead atoms. The predicted molar refractivity (Wildman–Crippen MR) is 61.8 cm³/mol. The van der Waals surface area contributed by atoms with E-state index in [1.165, 1.54) is 0 Å². The summed E-state index contributed by atoms with van der Waals surface area (Å²) in [5, 5.41) is 6.53. The summed E-state index contributed by atoms with van der Waals surface area (Å²) in [5.74, 6) is 1.03. The fourth-order valence-corrected chi connectivity index (χ4v) is 1.72. The number of hydrazone groups is 1. The smallest absolute Gasteiger partial charge is 0.123 e. The molecule has 80 valence electrons. The molecule has 1 aromatic heterocycles. The van der Waals surface area contributed by atoms with Crippen molar-refractivity contribution in [3.63, 3.8) is 0 Å². The first-order chi connectivity index (χ1) is 7.11. The summed E-state index contributed by atoms with van der Waals surface area (Å²) < 4.78 is 0. The predicted octanol–water partition coefficient (Wildman–Crippen LogP) is 1.82. The fourth-order valence-electron chi connectivity index (χ4n) is 1.72. The number of pyridine rings is 1. The molecule has 0 amide bonds. The molecule has 0 N–H and O–H groups in total. The molecule has 4 nitrogen and oxygen atoms in total. The molecule has 15 heavy (non-hydrogen) atoms. The van der Waals surface area contributed by atoms with Gasteiger partial charge in [0.25, 0.3) is 0 Å². The number of aryl methyl sites for hydroxylation is 1. The molecule has 2 rings (SSSR count). The third kappa shape index (κ3) is 1.56. The molecule has 1 aliphatic heterocycles. The average Bonchev–Trinajstić information content (AvgIpc) is 2.47. The first-order valence-electron chi connectivity index (χ1n) is 5.10. The Labute approximate surface area is 90.2 Å². The van der Waals surface area contributed by atoms with Gasteiger partial charge in [-0.15, -0.1) is 0 Å². The Kier molecular flexibility index (Phi) is 2.34. The molecule has 0 saturated heterocycles. The number of amidine groups is 1. The van der Waals surface area contributed by atoms with Crippen molar-refractivity contribution in [3.8, 4) is 0 Å². The molecule has 1 atom stereocenters. The number of anilines is 1. The minimum atomic E-state index is 0.257. The van der Waals surface area contributed by atoms with Crippen LogP contribution in [0.4, 0.5) is 5.69 Å². The Bertz CT molecular complexity index is 399. The number of aromatic nitrogens is 1. The minimum absolute atomic E-state index is 0.257. The molecule has 4 heteroatoms. The molecule has 1 aliphatic rings. The molecular weight excluding hydrogens is 188 g/mol. The van der Waals surface area contributed by atoms with Crippen molar-refractivity contribution in [2.45, 2.75) is 26.9 Å². The van der Waals surface area contributed by atoms with Crippen molar-refractivity contribution in [1.82, 2.24) is 9.88 Å². The van der Waals surface area contributed by atoms with Gasteiger partial charge in [0, 0.05) is 13.2 Å². The van der Waals surface area contributed by atoms with E-state index in [4.69, 9.17) is 0 Å². The number of hydrogen-bond acceptors (Lipinski definition) is 4. The summed E-state index contributed by atoms with van der Waals surface area (Å²) in [5.41, 5.74) is 2.09. The quantitative estimate of drug-likeness (QED) is 0.699. The number of rotatable bonds is 1. The van der Waals surface area contributed by atoms with Gasteiger partial charge in [-0.25, -0.2) is 5.01 Å². The van der Waals surface area contributed by atoms with Crippen LogP contribution < -0.4 is 5.01 Å². The monoisotopic (exact) mass is 204 g/mol. The van der Waals surface area contributed by atoms with Crippen LogP contribution in [0.1, 0.15) is 19.5 Å². The highest BCUT2D eigenvalue weighted by atomic mass is 15.6. The van der Waals surface area contributed by atoms with E-state index in [0.29, 0.717) is 0 Å². The van der Waals surface area contributed by atoms with E-state index in [0.717, 1.165) is 17.2 Å². The summed E-state index contributed by atoms with van der Waals surface area (Å²) in [7, 11) is 2.05. The Morgan fingerprint density at radius 3 is 2.60 bits per heavy atom. The summed E-state index contributed by atoms with van der Waals surface area (Å²) in [6, 6.07) is 3.99. The van der Waals surface area contributed by atoms with Gasteiger partial charge in [0.15, 0.2) is 0 Å². The topological polar surface area (TPSA) is 31.7 Å². The summed E-state index contributed by atoms with van der Waals surface area (Å²) in [4.78, 5) is 6.42. The lowest BCUT2D eigenvalue weighted by atomic mass is 10.3. The van der Waals surface area contributed by atoms with Crippen LogP contribution in [0, 0.1) is 6.92 Å². The first-order valence-corrected chi connectivity index (χ1v) is 5.10. The van der Waals surface area contributed by atoms with Crippen LogP contribution in [-0.4, -0.2) is 28.9 Å². The van der Waals surface area contributed by atoms with Gasteiger partial charge in [0.2, 0.25) is 0 Å². The highest BCUT2D eigenvalue weighted by Crippen LogP contribution is 2.25. The molecule has 0 radical (unpaired) electrons. The van der Waals surface area contributed by atoms with Crippen molar-refractivity contribution >= 4 is 11.5 Å². The van der Waals surface area contributed by atoms with Crippen molar-refractivity contribution in [2.75, 3.05) is 12.1 Å². The van der Waals surface area contributed by atoms with Crippen LogP contribution in [0.3, 0.4) is 0 Å². The molecule has 2 heterocycles. The fraction of sp³-hybridized carbons (Fsp3) is 0.455. The van der Waals surface area contributed by atoms with E-state index in [1.54, 1.807) is 6.20 Å². The molecule has 1 aromatic rings. The number of nitrogens with zero attached hydrogens (tertiary/aromatic N) is 4. The first kappa shape index (κ1) is 9.96. The molecular formula is C11H16N4. The van der Waals surface area contributed by atoms with Gasteiger partial charge >= 0.3 is 0 Å². The van der Waals surface area contributed by atoms with Crippen molar-refractivity contribution in [3.05, 3.63) is 24.0 Å². The van der Waals surface area contributed by atoms with Gasteiger partial charge in [-0.1, -0.05) is 0 Å². The maximum Gasteiger partial charge on any atom is 0.123 e. The molecule has 0 saturated carbocycles. The minimum Gasteiger partial charge on any atom is -0.340 e. The second-order valence-corrected chi connectivity index (χ2v) is 3.84. The molecule has 0 aliphatic carbocycles. The zero-order chi connectivity index (χ0) is 11.0. The van der Waals surface area contributed by atoms with Crippen LogP contribution in [0.2, 0.25) is 0 Å². The lowest BCUT2D eigenvalue weighted by Gasteiger charge is -2.25. The molecule has 0 aromatic carbocycles. The van der Waals surface area contributed by atoms with Crippen LogP contribution >= 0.6 is 0 Å². The van der Waals surface area contributed by atoms with E-state index < -0.39 is 0 Å². The van der Waals surface area contributed by atoms with Crippen molar-refractivity contribution < 1.29 is 0 Å². The van der Waals surface area contributed by atoms with Gasteiger partial charge in [-0.2, -0.15) is 5.10 Å². The van der Waals surface area contributed by atoms with Crippen LogP contribution in [-0.2, 0) is 0 Å². The normalized spacial score (nSPS) is 20.8. The third-order valence-electron chi connectivity index (χ3n) is 2.90. The van der Waals surface area contributed by atoms with Gasteiger partial charge < -0.3 is 4.90 Å². The maximum atomic E-state index is 4.52. The van der Waals surface area contributed by atoms with E-state index in [1.807, 2.05) is 24.9 Å². The second-order valence-electron chi connectivity index (χ2n) is 3.84. The summed E-state index contributed by atoms with van der Waals surface area (Å²) in [6.45, 7) is 6.15. The highest BCUT2D eigenvalue weighted by Gasteiger charge is 2.26. The lowest BCUT2D eigenvalue weighted by molar-refractivity contribution is 0.411. The highest BCUT2D eigenvalue weighted by molar-refractivity contribution is 5.83. The SMILES string of the molecule is CC1=NN(c2cccnc2C)C(C)N1C. The van der Waals surface area contributed by atoms with Crippen LogP contribution in [0.5, 0.6) is 0 Å². The van der Waals surface area contributed by atoms with Crippen LogP contribution in [0.15, 0.2) is 23.4 Å².